The standard InChI is InChI=1S/C3H11NOS/c1-5-4-6(2)3/h4,6H,1-3H3. The minimum absolute atomic E-state index is 0.0728. The van der Waals surface area contributed by atoms with Crippen LogP contribution in [0.1, 0.15) is 0 Å². The number of thiol groups is 1. The minimum Gasteiger partial charge on any atom is -0.296 e. The summed E-state index contributed by atoms with van der Waals surface area (Å²) in [5.41, 5.74) is 0. The Morgan fingerprint density at radius 3 is 2.00 bits per heavy atom. The highest BCUT2D eigenvalue weighted by Crippen LogP contribution is 2.02. The molecule has 0 atom stereocenters. The Hall–Kier alpha value is 0.270. The van der Waals surface area contributed by atoms with Crippen molar-refractivity contribution in [2.45, 2.75) is 0 Å². The number of hydrogen-bond donors (Lipinski definition) is 2. The van der Waals surface area contributed by atoms with Crippen LogP contribution in [0.5, 0.6) is 0 Å². The van der Waals surface area contributed by atoms with E-state index in [4.69, 9.17) is 0 Å². The molecule has 0 unspecified atom stereocenters. The molecule has 0 aliphatic rings. The lowest BCUT2D eigenvalue weighted by atomic mass is 11.7. The highest BCUT2D eigenvalue weighted by Gasteiger charge is 1.76. The molecule has 0 saturated carbocycles. The first-order valence-corrected chi connectivity index (χ1v) is 3.97. The van der Waals surface area contributed by atoms with Gasteiger partial charge >= 0.3 is 0 Å². The Labute approximate surface area is 41.3 Å². The van der Waals surface area contributed by atoms with Gasteiger partial charge in [-0.1, -0.05) is 0 Å². The summed E-state index contributed by atoms with van der Waals surface area (Å²) in [6.07, 6.45) is 4.16. The van der Waals surface area contributed by atoms with Crippen LogP contribution in [-0.4, -0.2) is 19.6 Å². The fraction of sp³-hybridized carbons (Fsp3) is 1.00. The highest BCUT2D eigenvalue weighted by molar-refractivity contribution is 8.13. The van der Waals surface area contributed by atoms with Crippen LogP contribution in [0.15, 0.2) is 0 Å². The largest absolute Gasteiger partial charge is 0.296 e. The minimum atomic E-state index is -0.0728. The van der Waals surface area contributed by atoms with Gasteiger partial charge in [-0.05, 0) is 12.5 Å². The predicted molar refractivity (Wildman–Crippen MR) is 31.0 cm³/mol. The fourth-order valence-electron chi connectivity index (χ4n) is 0.183. The van der Waals surface area contributed by atoms with Crippen molar-refractivity contribution < 1.29 is 4.84 Å². The third-order valence-corrected chi connectivity index (χ3v) is 0.822. The van der Waals surface area contributed by atoms with Crippen molar-refractivity contribution in [3.8, 4) is 0 Å². The van der Waals surface area contributed by atoms with E-state index in [0.717, 1.165) is 0 Å². The molecular formula is C3H11NOS. The van der Waals surface area contributed by atoms with E-state index < -0.39 is 0 Å². The SMILES string of the molecule is CON[SH](C)C. The first-order chi connectivity index (χ1) is 2.77. The van der Waals surface area contributed by atoms with Crippen LogP contribution < -0.4 is 4.89 Å². The maximum absolute atomic E-state index is 4.58. The molecule has 0 bridgehead atoms. The topological polar surface area (TPSA) is 21.3 Å². The van der Waals surface area contributed by atoms with Gasteiger partial charge < -0.3 is 0 Å². The molecule has 0 aromatic heterocycles. The first-order valence-electron chi connectivity index (χ1n) is 1.73. The summed E-state index contributed by atoms with van der Waals surface area (Å²) in [5.74, 6) is 0. The van der Waals surface area contributed by atoms with E-state index >= 15 is 0 Å². The lowest BCUT2D eigenvalue weighted by molar-refractivity contribution is 0.162. The summed E-state index contributed by atoms with van der Waals surface area (Å²) in [6.45, 7) is 0. The van der Waals surface area contributed by atoms with Gasteiger partial charge in [0.05, 0.1) is 7.11 Å². The van der Waals surface area contributed by atoms with E-state index in [9.17, 15) is 0 Å². The molecule has 0 heterocycles. The van der Waals surface area contributed by atoms with Crippen molar-refractivity contribution in [3.05, 3.63) is 0 Å². The quantitative estimate of drug-likeness (QED) is 0.393. The van der Waals surface area contributed by atoms with Gasteiger partial charge in [0, 0.05) is 0 Å². The Morgan fingerprint density at radius 2 is 2.00 bits per heavy atom. The smallest absolute Gasteiger partial charge is 0.0582 e. The fourth-order valence-corrected chi connectivity index (χ4v) is 0.548. The van der Waals surface area contributed by atoms with E-state index in [0.29, 0.717) is 0 Å². The van der Waals surface area contributed by atoms with Crippen molar-refractivity contribution in [3.63, 3.8) is 0 Å². The molecular weight excluding hydrogens is 98.1 g/mol. The second-order valence-corrected chi connectivity index (χ2v) is 3.16. The molecule has 6 heavy (non-hydrogen) atoms. The van der Waals surface area contributed by atoms with E-state index in [-0.39, 0.29) is 11.1 Å². The second-order valence-electron chi connectivity index (χ2n) is 1.19. The molecule has 0 amide bonds. The van der Waals surface area contributed by atoms with Crippen molar-refractivity contribution in [1.82, 2.24) is 4.89 Å². The van der Waals surface area contributed by atoms with Crippen LogP contribution in [0.3, 0.4) is 0 Å². The van der Waals surface area contributed by atoms with Crippen LogP contribution in [0.4, 0.5) is 0 Å². The molecule has 0 spiro atoms. The predicted octanol–water partition coefficient (Wildman–Crippen LogP) is 0.313. The average molecular weight is 109 g/mol. The molecule has 0 aliphatic carbocycles. The molecule has 1 N–H and O–H groups in total. The van der Waals surface area contributed by atoms with Crippen LogP contribution in [-0.2, 0) is 4.84 Å². The van der Waals surface area contributed by atoms with Gasteiger partial charge in [0.25, 0.3) is 0 Å². The molecule has 3 heteroatoms. The van der Waals surface area contributed by atoms with E-state index in [2.05, 4.69) is 22.2 Å². The molecule has 0 fully saturated rings. The highest BCUT2D eigenvalue weighted by atomic mass is 32.2. The Balaban J connectivity index is 2.63. The van der Waals surface area contributed by atoms with Crippen molar-refractivity contribution >= 4 is 11.1 Å². The van der Waals surface area contributed by atoms with Gasteiger partial charge in [-0.15, -0.1) is 0 Å². The number of rotatable bonds is 2. The van der Waals surface area contributed by atoms with Gasteiger partial charge in [-0.2, -0.15) is 16.0 Å². The zero-order valence-corrected chi connectivity index (χ0v) is 5.25. The zero-order chi connectivity index (χ0) is 4.99. The Morgan fingerprint density at radius 1 is 1.50 bits per heavy atom. The lowest BCUT2D eigenvalue weighted by Crippen LogP contribution is -2.04. The molecule has 0 radical (unpaired) electrons. The summed E-state index contributed by atoms with van der Waals surface area (Å²) >= 11 is -0.0728. The molecule has 0 saturated heterocycles. The van der Waals surface area contributed by atoms with E-state index in [1.54, 1.807) is 7.11 Å². The lowest BCUT2D eigenvalue weighted by Gasteiger charge is -2.06. The Bertz CT molecular complexity index is 32.0. The van der Waals surface area contributed by atoms with Gasteiger partial charge in [0.2, 0.25) is 0 Å². The van der Waals surface area contributed by atoms with E-state index in [1.165, 1.54) is 0 Å². The van der Waals surface area contributed by atoms with Crippen LogP contribution in [0, 0.1) is 0 Å². The monoisotopic (exact) mass is 109 g/mol. The summed E-state index contributed by atoms with van der Waals surface area (Å²) in [7, 11) is 1.63. The van der Waals surface area contributed by atoms with Gasteiger partial charge in [0.1, 0.15) is 0 Å². The van der Waals surface area contributed by atoms with Crippen LogP contribution in [0.25, 0.3) is 0 Å². The van der Waals surface area contributed by atoms with Crippen molar-refractivity contribution in [2.24, 2.45) is 0 Å². The summed E-state index contributed by atoms with van der Waals surface area (Å²) < 4.78 is 0. The summed E-state index contributed by atoms with van der Waals surface area (Å²) in [5, 5.41) is 0. The maximum atomic E-state index is 4.58. The maximum Gasteiger partial charge on any atom is 0.0582 e. The summed E-state index contributed by atoms with van der Waals surface area (Å²) in [4.78, 5) is 7.36. The number of hydrogen-bond acceptors (Lipinski definition) is 2. The second kappa shape index (κ2) is 3.46. The van der Waals surface area contributed by atoms with Crippen molar-refractivity contribution in [2.75, 3.05) is 19.6 Å². The molecule has 40 valence electrons. The third kappa shape index (κ3) is 4.27. The third-order valence-electron chi connectivity index (χ3n) is 0.274. The number of nitrogens with one attached hydrogen (secondary N) is 1. The molecule has 0 aromatic rings. The normalized spacial score (nSPS) is 11.5. The molecule has 0 aliphatic heterocycles. The molecule has 2 nitrogen and oxygen atoms in total. The van der Waals surface area contributed by atoms with Crippen LogP contribution >= 0.6 is 11.1 Å². The van der Waals surface area contributed by atoms with Crippen molar-refractivity contribution in [1.29, 1.82) is 0 Å². The molecule has 0 rings (SSSR count). The van der Waals surface area contributed by atoms with Gasteiger partial charge in [-0.3, -0.25) is 4.84 Å². The van der Waals surface area contributed by atoms with Gasteiger partial charge in [0.15, 0.2) is 0 Å². The first kappa shape index (κ1) is 6.27. The molecule has 0 aromatic carbocycles. The van der Waals surface area contributed by atoms with Crippen LogP contribution in [0.2, 0.25) is 0 Å². The zero-order valence-electron chi connectivity index (χ0n) is 4.36. The summed E-state index contributed by atoms with van der Waals surface area (Å²) in [6, 6.07) is 0. The Kier molecular flexibility index (Phi) is 3.62. The van der Waals surface area contributed by atoms with Gasteiger partial charge in [-0.25, -0.2) is 0 Å². The van der Waals surface area contributed by atoms with E-state index in [1.807, 2.05) is 0 Å². The average Bonchev–Trinajstić information content (AvgIpc) is 1.35.